The van der Waals surface area contributed by atoms with E-state index in [2.05, 4.69) is 10.1 Å². The maximum Gasteiger partial charge on any atom is 0.306 e. The normalized spacial score (nSPS) is 12.2. The lowest BCUT2D eigenvalue weighted by molar-refractivity contribution is -0.143. The molecule has 3 rings (SSSR count). The van der Waals surface area contributed by atoms with Crippen molar-refractivity contribution in [1.82, 2.24) is 14.6 Å². The van der Waals surface area contributed by atoms with E-state index in [0.29, 0.717) is 12.1 Å². The highest BCUT2D eigenvalue weighted by Gasteiger charge is 2.13. The van der Waals surface area contributed by atoms with Crippen molar-refractivity contribution in [2.75, 3.05) is 6.61 Å². The lowest BCUT2D eigenvalue weighted by atomic mass is 10.1. The minimum Gasteiger partial charge on any atom is -0.511 e. The molecule has 140 valence electrons. The molecule has 0 saturated carbocycles. The van der Waals surface area contributed by atoms with Gasteiger partial charge in [0.1, 0.15) is 17.3 Å². The molecule has 0 bridgehead atoms. The average molecular weight is 367 g/mol. The zero-order valence-corrected chi connectivity index (χ0v) is 15.1. The molecule has 0 unspecified atom stereocenters. The number of aliphatic hydroxyl groups is 1. The highest BCUT2D eigenvalue weighted by molar-refractivity contribution is 5.70. The van der Waals surface area contributed by atoms with E-state index >= 15 is 0 Å². The van der Waals surface area contributed by atoms with Crippen LogP contribution in [0.4, 0.5) is 0 Å². The molecule has 0 fully saturated rings. The van der Waals surface area contributed by atoms with Crippen molar-refractivity contribution in [3.8, 4) is 0 Å². The Bertz CT molecular complexity index is 1040. The SMILES string of the molecule is CCOC(=O)CC/C(O)=c1\c(=O)cc(CCc2ccccc2)n2ncnc12. The average Bonchev–Trinajstić information content (AvgIpc) is 3.15. The summed E-state index contributed by atoms with van der Waals surface area (Å²) in [6.07, 6.45) is 2.73. The molecule has 1 aromatic carbocycles. The van der Waals surface area contributed by atoms with Crippen molar-refractivity contribution in [2.45, 2.75) is 32.6 Å². The molecule has 0 radical (unpaired) electrons. The molecule has 2 heterocycles. The van der Waals surface area contributed by atoms with Gasteiger partial charge in [-0.3, -0.25) is 9.59 Å². The number of hydrogen-bond donors (Lipinski definition) is 1. The summed E-state index contributed by atoms with van der Waals surface area (Å²) in [4.78, 5) is 28.2. The maximum absolute atomic E-state index is 12.6. The molecule has 0 aliphatic heterocycles. The minimum absolute atomic E-state index is 0.00479. The van der Waals surface area contributed by atoms with E-state index in [9.17, 15) is 14.7 Å². The topological polar surface area (TPSA) is 93.8 Å². The van der Waals surface area contributed by atoms with Gasteiger partial charge in [0, 0.05) is 18.2 Å². The summed E-state index contributed by atoms with van der Waals surface area (Å²) in [7, 11) is 0. The second-order valence-electron chi connectivity index (χ2n) is 6.11. The van der Waals surface area contributed by atoms with E-state index < -0.39 is 5.97 Å². The summed E-state index contributed by atoms with van der Waals surface area (Å²) < 4.78 is 6.42. The van der Waals surface area contributed by atoms with Crippen LogP contribution in [0.3, 0.4) is 0 Å². The Hall–Kier alpha value is -3.22. The number of aliphatic hydroxyl groups excluding tert-OH is 1. The highest BCUT2D eigenvalue weighted by atomic mass is 16.5. The highest BCUT2D eigenvalue weighted by Crippen LogP contribution is 2.07. The largest absolute Gasteiger partial charge is 0.511 e. The van der Waals surface area contributed by atoms with Crippen LogP contribution in [0.1, 0.15) is 31.0 Å². The Balaban J connectivity index is 1.91. The predicted molar refractivity (Wildman–Crippen MR) is 100 cm³/mol. The Kier molecular flexibility index (Phi) is 5.80. The van der Waals surface area contributed by atoms with Gasteiger partial charge in [-0.2, -0.15) is 5.10 Å². The second-order valence-corrected chi connectivity index (χ2v) is 6.11. The van der Waals surface area contributed by atoms with Gasteiger partial charge >= 0.3 is 5.97 Å². The monoisotopic (exact) mass is 367 g/mol. The molecule has 0 aliphatic carbocycles. The quantitative estimate of drug-likeness (QED) is 0.638. The van der Waals surface area contributed by atoms with Crippen LogP contribution in [0.5, 0.6) is 0 Å². The van der Waals surface area contributed by atoms with Crippen molar-refractivity contribution in [3.05, 3.63) is 69.4 Å². The fourth-order valence-electron chi connectivity index (χ4n) is 2.96. The van der Waals surface area contributed by atoms with Crippen molar-refractivity contribution < 1.29 is 14.6 Å². The first-order chi connectivity index (χ1) is 13.1. The summed E-state index contributed by atoms with van der Waals surface area (Å²) in [6, 6.07) is 11.4. The molecule has 0 amide bonds. The van der Waals surface area contributed by atoms with Gasteiger partial charge in [-0.05, 0) is 25.3 Å². The van der Waals surface area contributed by atoms with Crippen molar-refractivity contribution >= 4 is 17.4 Å². The third kappa shape index (κ3) is 4.31. The molecule has 3 aromatic rings. The number of carbonyl (C=O) groups excluding carboxylic acids is 1. The molecule has 0 saturated heterocycles. The van der Waals surface area contributed by atoms with Crippen molar-refractivity contribution in [2.24, 2.45) is 0 Å². The second kappa shape index (κ2) is 8.44. The molecule has 7 nitrogen and oxygen atoms in total. The van der Waals surface area contributed by atoms with Crippen LogP contribution in [0, 0.1) is 0 Å². The van der Waals surface area contributed by atoms with Gasteiger partial charge in [-0.15, -0.1) is 0 Å². The summed E-state index contributed by atoms with van der Waals surface area (Å²) >= 11 is 0. The minimum atomic E-state index is -0.423. The first-order valence-electron chi connectivity index (χ1n) is 8.87. The zero-order chi connectivity index (χ0) is 19.2. The van der Waals surface area contributed by atoms with Gasteiger partial charge in [0.2, 0.25) is 0 Å². The Morgan fingerprint density at radius 1 is 1.19 bits per heavy atom. The van der Waals surface area contributed by atoms with Crippen LogP contribution < -0.4 is 10.6 Å². The Labute approximate surface area is 155 Å². The predicted octanol–water partition coefficient (Wildman–Crippen LogP) is 1.60. The number of nitrogens with zero attached hydrogens (tertiary/aromatic N) is 3. The third-order valence-corrected chi connectivity index (χ3v) is 4.26. The van der Waals surface area contributed by atoms with Crippen LogP contribution in [-0.4, -0.2) is 32.3 Å². The van der Waals surface area contributed by atoms with E-state index in [1.165, 1.54) is 12.4 Å². The molecular weight excluding hydrogens is 346 g/mol. The Morgan fingerprint density at radius 2 is 1.96 bits per heavy atom. The maximum atomic E-state index is 12.6. The van der Waals surface area contributed by atoms with Crippen LogP contribution in [0.2, 0.25) is 0 Å². The van der Waals surface area contributed by atoms with Gasteiger partial charge in [-0.1, -0.05) is 30.3 Å². The fraction of sp³-hybridized carbons (Fsp3) is 0.300. The smallest absolute Gasteiger partial charge is 0.306 e. The lowest BCUT2D eigenvalue weighted by Gasteiger charge is -2.06. The van der Waals surface area contributed by atoms with Crippen LogP contribution >= 0.6 is 0 Å². The van der Waals surface area contributed by atoms with Gasteiger partial charge in [-0.25, -0.2) is 9.50 Å². The molecule has 7 heteroatoms. The van der Waals surface area contributed by atoms with Gasteiger partial charge < -0.3 is 9.84 Å². The zero-order valence-electron chi connectivity index (χ0n) is 15.1. The molecule has 0 aliphatic rings. The first kappa shape index (κ1) is 18.6. The first-order valence-corrected chi connectivity index (χ1v) is 8.87. The number of carbonyl (C=O) groups is 1. The van der Waals surface area contributed by atoms with Crippen molar-refractivity contribution in [3.63, 3.8) is 0 Å². The summed E-state index contributed by atoms with van der Waals surface area (Å²) in [5.74, 6) is -0.603. The summed E-state index contributed by atoms with van der Waals surface area (Å²) in [5.41, 5.74) is 1.84. The number of aromatic nitrogens is 3. The number of ether oxygens (including phenoxy) is 1. The van der Waals surface area contributed by atoms with Gasteiger partial charge in [0.05, 0.1) is 13.0 Å². The number of rotatable bonds is 7. The lowest BCUT2D eigenvalue weighted by Crippen LogP contribution is -2.31. The van der Waals surface area contributed by atoms with Crippen LogP contribution in [0.25, 0.3) is 11.4 Å². The van der Waals surface area contributed by atoms with Crippen molar-refractivity contribution in [1.29, 1.82) is 0 Å². The molecule has 27 heavy (non-hydrogen) atoms. The molecular formula is C20H21N3O4. The molecule has 1 N–H and O–H groups in total. The van der Waals surface area contributed by atoms with E-state index in [4.69, 9.17) is 4.74 Å². The number of esters is 1. The number of fused-ring (bicyclic) bond motifs is 1. The standard InChI is InChI=1S/C20H21N3O4/c1-2-27-18(26)11-10-16(24)19-17(25)12-15(23-20(19)21-13-22-23)9-8-14-6-4-3-5-7-14/h3-7,12-13,24H,2,8-11H2,1H3/b19-16-. The molecule has 0 spiro atoms. The van der Waals surface area contributed by atoms with Crippen LogP contribution in [0.15, 0.2) is 47.5 Å². The number of hydrogen-bond acceptors (Lipinski definition) is 6. The molecule has 2 aromatic heterocycles. The Morgan fingerprint density at radius 3 is 2.70 bits per heavy atom. The third-order valence-electron chi connectivity index (χ3n) is 4.26. The van der Waals surface area contributed by atoms with Gasteiger partial charge in [0.25, 0.3) is 0 Å². The van der Waals surface area contributed by atoms with E-state index in [0.717, 1.165) is 17.7 Å². The van der Waals surface area contributed by atoms with E-state index in [1.54, 1.807) is 11.4 Å². The van der Waals surface area contributed by atoms with E-state index in [-0.39, 0.29) is 35.9 Å². The van der Waals surface area contributed by atoms with Crippen LogP contribution in [-0.2, 0) is 22.4 Å². The summed E-state index contributed by atoms with van der Waals surface area (Å²) in [6.45, 7) is 1.99. The number of pyridine rings is 1. The fourth-order valence-corrected chi connectivity index (χ4v) is 2.96. The number of benzene rings is 1. The molecule has 0 atom stereocenters. The summed E-state index contributed by atoms with van der Waals surface area (Å²) in [5, 5.41) is 14.6. The van der Waals surface area contributed by atoms with Gasteiger partial charge in [0.15, 0.2) is 11.1 Å². The van der Waals surface area contributed by atoms with E-state index in [1.807, 2.05) is 30.3 Å². The number of aryl methyl sites for hydroxylation is 2.